The Morgan fingerprint density at radius 2 is 1.88 bits per heavy atom. The van der Waals surface area contributed by atoms with Gasteiger partial charge in [-0.25, -0.2) is 4.39 Å². The fourth-order valence-corrected chi connectivity index (χ4v) is 2.41. The van der Waals surface area contributed by atoms with Crippen LogP contribution in [0.25, 0.3) is 0 Å². The van der Waals surface area contributed by atoms with Gasteiger partial charge < -0.3 is 10.1 Å². The molecule has 1 aliphatic heterocycles. The van der Waals surface area contributed by atoms with Crippen molar-refractivity contribution in [2.24, 2.45) is 0 Å². The highest BCUT2D eigenvalue weighted by molar-refractivity contribution is 6.35. The van der Waals surface area contributed by atoms with Gasteiger partial charge in [0.2, 0.25) is 0 Å². The average molecular weight is 278 g/mol. The number of anilines is 1. The van der Waals surface area contributed by atoms with E-state index in [1.807, 2.05) is 0 Å². The lowest BCUT2D eigenvalue weighted by atomic mass is 10.1. The zero-order chi connectivity index (χ0) is 12.3. The fourth-order valence-electron chi connectivity index (χ4n) is 1.92. The van der Waals surface area contributed by atoms with E-state index in [9.17, 15) is 4.39 Å². The van der Waals surface area contributed by atoms with Crippen LogP contribution in [-0.2, 0) is 4.74 Å². The van der Waals surface area contributed by atoms with Crippen molar-refractivity contribution < 1.29 is 9.13 Å². The van der Waals surface area contributed by atoms with Gasteiger partial charge in [-0.2, -0.15) is 0 Å². The summed E-state index contributed by atoms with van der Waals surface area (Å²) in [7, 11) is 0. The Hall–Kier alpha value is -0.510. The summed E-state index contributed by atoms with van der Waals surface area (Å²) in [5.41, 5.74) is 0.758. The number of hydrogen-bond acceptors (Lipinski definition) is 2. The van der Waals surface area contributed by atoms with E-state index in [4.69, 9.17) is 27.9 Å². The highest BCUT2D eigenvalue weighted by atomic mass is 35.5. The third-order valence-corrected chi connectivity index (χ3v) is 3.36. The maximum Gasteiger partial charge on any atom is 0.160 e. The summed E-state index contributed by atoms with van der Waals surface area (Å²) in [5, 5.41) is 3.41. The predicted octanol–water partition coefficient (Wildman–Crippen LogP) is 4.11. The Bertz CT molecular complexity index is 369. The molecule has 0 aliphatic carbocycles. The summed E-state index contributed by atoms with van der Waals surface area (Å²) >= 11 is 11.5. The topological polar surface area (TPSA) is 21.3 Å². The van der Waals surface area contributed by atoms with Crippen LogP contribution >= 0.6 is 23.2 Å². The van der Waals surface area contributed by atoms with E-state index < -0.39 is 5.82 Å². The van der Waals surface area contributed by atoms with Crippen LogP contribution in [-0.4, -0.2) is 19.3 Å². The molecule has 1 aromatic rings. The number of hydrogen-bond donors (Lipinski definition) is 1. The summed E-state index contributed by atoms with van der Waals surface area (Å²) in [6.07, 6.45) is 3.00. The lowest BCUT2D eigenvalue weighted by Crippen LogP contribution is -2.19. The van der Waals surface area contributed by atoms with Gasteiger partial charge in [0.1, 0.15) is 0 Å². The Labute approximate surface area is 110 Å². The van der Waals surface area contributed by atoms with Gasteiger partial charge in [-0.15, -0.1) is 0 Å². The third-order valence-electron chi connectivity index (χ3n) is 2.81. The maximum absolute atomic E-state index is 13.2. The van der Waals surface area contributed by atoms with Crippen molar-refractivity contribution in [2.75, 3.05) is 18.5 Å². The molecule has 0 saturated carbocycles. The summed E-state index contributed by atoms with van der Waals surface area (Å²) in [6.45, 7) is 1.56. The third kappa shape index (κ3) is 3.47. The highest BCUT2D eigenvalue weighted by Crippen LogP contribution is 2.28. The molecule has 0 aromatic heterocycles. The molecule has 1 aliphatic rings. The normalized spacial score (nSPS) is 21.0. The van der Waals surface area contributed by atoms with Crippen LogP contribution in [0.5, 0.6) is 0 Å². The predicted molar refractivity (Wildman–Crippen MR) is 68.5 cm³/mol. The Balaban J connectivity index is 2.07. The molecule has 1 atom stereocenters. The smallest absolute Gasteiger partial charge is 0.160 e. The standard InChI is InChI=1S/C12H14Cl2FNO/c13-10-6-9(7-11(14)12(10)15)16-8-2-1-4-17-5-3-8/h6-8,16H,1-5H2. The van der Waals surface area contributed by atoms with Gasteiger partial charge >= 0.3 is 0 Å². The molecule has 0 radical (unpaired) electrons. The molecule has 2 rings (SSSR count). The van der Waals surface area contributed by atoms with Gasteiger partial charge in [0, 0.05) is 24.9 Å². The maximum atomic E-state index is 13.2. The molecule has 1 fully saturated rings. The van der Waals surface area contributed by atoms with Crippen molar-refractivity contribution in [2.45, 2.75) is 25.3 Å². The zero-order valence-corrected chi connectivity index (χ0v) is 10.8. The van der Waals surface area contributed by atoms with Crippen molar-refractivity contribution in [1.29, 1.82) is 0 Å². The van der Waals surface area contributed by atoms with E-state index in [0.29, 0.717) is 6.04 Å². The number of benzene rings is 1. The molecule has 0 amide bonds. The first kappa shape index (κ1) is 12.9. The molecule has 1 heterocycles. The molecule has 1 aromatic carbocycles. The van der Waals surface area contributed by atoms with Crippen LogP contribution in [0, 0.1) is 5.82 Å². The van der Waals surface area contributed by atoms with Crippen LogP contribution in [0.4, 0.5) is 10.1 Å². The highest BCUT2D eigenvalue weighted by Gasteiger charge is 2.14. The molecule has 1 saturated heterocycles. The molecule has 2 nitrogen and oxygen atoms in total. The second-order valence-corrected chi connectivity index (χ2v) is 4.95. The molecular formula is C12H14Cl2FNO. The Morgan fingerprint density at radius 3 is 2.59 bits per heavy atom. The summed E-state index contributed by atoms with van der Waals surface area (Å²) in [5.74, 6) is -0.567. The second-order valence-electron chi connectivity index (χ2n) is 4.14. The van der Waals surface area contributed by atoms with E-state index in [2.05, 4.69) is 5.32 Å². The SMILES string of the molecule is Fc1c(Cl)cc(NC2CCCOCC2)cc1Cl. The van der Waals surface area contributed by atoms with Gasteiger partial charge in [-0.3, -0.25) is 0 Å². The molecule has 0 bridgehead atoms. The first-order valence-electron chi connectivity index (χ1n) is 5.65. The van der Waals surface area contributed by atoms with Crippen LogP contribution in [0.3, 0.4) is 0 Å². The minimum Gasteiger partial charge on any atom is -0.382 e. The zero-order valence-electron chi connectivity index (χ0n) is 9.31. The van der Waals surface area contributed by atoms with Crippen molar-refractivity contribution in [3.05, 3.63) is 28.0 Å². The van der Waals surface area contributed by atoms with Gasteiger partial charge in [0.25, 0.3) is 0 Å². The van der Waals surface area contributed by atoms with E-state index in [-0.39, 0.29) is 10.0 Å². The van der Waals surface area contributed by atoms with Gasteiger partial charge in [-0.05, 0) is 31.4 Å². The molecule has 1 unspecified atom stereocenters. The fraction of sp³-hybridized carbons (Fsp3) is 0.500. The number of nitrogens with one attached hydrogen (secondary N) is 1. The first-order chi connectivity index (χ1) is 8.16. The van der Waals surface area contributed by atoms with Crippen LogP contribution in [0.2, 0.25) is 10.0 Å². The van der Waals surface area contributed by atoms with Gasteiger partial charge in [0.15, 0.2) is 5.82 Å². The average Bonchev–Trinajstić information content (AvgIpc) is 2.54. The number of halogens is 3. The second kappa shape index (κ2) is 5.89. The number of ether oxygens (including phenoxy) is 1. The monoisotopic (exact) mass is 277 g/mol. The van der Waals surface area contributed by atoms with Crippen LogP contribution < -0.4 is 5.32 Å². The van der Waals surface area contributed by atoms with Gasteiger partial charge in [0.05, 0.1) is 10.0 Å². The largest absolute Gasteiger partial charge is 0.382 e. The Morgan fingerprint density at radius 1 is 1.18 bits per heavy atom. The summed E-state index contributed by atoms with van der Waals surface area (Å²) in [4.78, 5) is 0. The van der Waals surface area contributed by atoms with Crippen LogP contribution in [0.15, 0.2) is 12.1 Å². The lowest BCUT2D eigenvalue weighted by Gasteiger charge is -2.17. The van der Waals surface area contributed by atoms with Crippen molar-refractivity contribution >= 4 is 28.9 Å². The minimum atomic E-state index is -0.567. The van der Waals surface area contributed by atoms with E-state index >= 15 is 0 Å². The van der Waals surface area contributed by atoms with E-state index in [0.717, 1.165) is 38.2 Å². The summed E-state index contributed by atoms with van der Waals surface area (Å²) in [6, 6.07) is 3.46. The van der Waals surface area contributed by atoms with Crippen molar-refractivity contribution in [3.8, 4) is 0 Å². The molecular weight excluding hydrogens is 264 g/mol. The minimum absolute atomic E-state index is 0.0462. The molecule has 0 spiro atoms. The molecule has 1 N–H and O–H groups in total. The lowest BCUT2D eigenvalue weighted by molar-refractivity contribution is 0.144. The first-order valence-corrected chi connectivity index (χ1v) is 6.41. The number of rotatable bonds is 2. The Kier molecular flexibility index (Phi) is 4.48. The van der Waals surface area contributed by atoms with Crippen molar-refractivity contribution in [3.63, 3.8) is 0 Å². The van der Waals surface area contributed by atoms with E-state index in [1.165, 1.54) is 0 Å². The van der Waals surface area contributed by atoms with E-state index in [1.54, 1.807) is 12.1 Å². The van der Waals surface area contributed by atoms with Crippen molar-refractivity contribution in [1.82, 2.24) is 0 Å². The molecule has 5 heteroatoms. The van der Waals surface area contributed by atoms with Crippen LogP contribution in [0.1, 0.15) is 19.3 Å². The molecule has 94 valence electrons. The quantitative estimate of drug-likeness (QED) is 0.822. The summed E-state index contributed by atoms with van der Waals surface area (Å²) < 4.78 is 18.6. The van der Waals surface area contributed by atoms with Gasteiger partial charge in [-0.1, -0.05) is 23.2 Å². The molecule has 17 heavy (non-hydrogen) atoms.